The largest absolute Gasteiger partial charge is 0.477 e. The number of carbonyl (C=O) groups is 2. The summed E-state index contributed by atoms with van der Waals surface area (Å²) in [5.41, 5.74) is -1.29. The molecule has 0 bridgehead atoms. The van der Waals surface area contributed by atoms with Crippen molar-refractivity contribution in [2.24, 2.45) is 5.92 Å². The maximum atomic E-state index is 14.9. The van der Waals surface area contributed by atoms with Crippen LogP contribution in [0.15, 0.2) is 39.2 Å². The quantitative estimate of drug-likeness (QED) is 0.448. The molecule has 1 saturated heterocycles. The first kappa shape index (κ1) is 20.8. The Bertz CT molecular complexity index is 1460. The third-order valence-corrected chi connectivity index (χ3v) is 5.94. The zero-order chi connectivity index (χ0) is 23.3. The lowest BCUT2D eigenvalue weighted by atomic mass is 9.99. The molecule has 0 aromatic carbocycles. The van der Waals surface area contributed by atoms with E-state index in [1.165, 1.54) is 28.3 Å². The Kier molecular flexibility index (Phi) is 4.89. The van der Waals surface area contributed by atoms with Gasteiger partial charge in [0.15, 0.2) is 22.4 Å². The van der Waals surface area contributed by atoms with Gasteiger partial charge in [-0.1, -0.05) is 0 Å². The Morgan fingerprint density at radius 3 is 2.76 bits per heavy atom. The molecule has 0 aliphatic carbocycles. The third kappa shape index (κ3) is 3.61. The van der Waals surface area contributed by atoms with E-state index >= 15 is 0 Å². The number of pyridine rings is 2. The van der Waals surface area contributed by atoms with Crippen molar-refractivity contribution in [3.63, 3.8) is 0 Å². The molecular formula is C20H15FN6O5S. The first-order valence-electron chi connectivity index (χ1n) is 9.69. The number of rotatable bonds is 5. The molecule has 13 heteroatoms. The lowest BCUT2D eigenvalue weighted by molar-refractivity contribution is -0.120. The molecular weight excluding hydrogens is 455 g/mol. The first-order chi connectivity index (χ1) is 15.8. The van der Waals surface area contributed by atoms with Gasteiger partial charge in [0.2, 0.25) is 11.3 Å². The van der Waals surface area contributed by atoms with E-state index in [0.29, 0.717) is 10.9 Å². The number of anilines is 2. The fourth-order valence-electron chi connectivity index (χ4n) is 3.51. The maximum Gasteiger partial charge on any atom is 0.341 e. The van der Waals surface area contributed by atoms with Crippen LogP contribution in [-0.2, 0) is 4.79 Å². The number of nitrogens with one attached hydrogen (secondary N) is 1. The van der Waals surface area contributed by atoms with E-state index in [1.54, 1.807) is 17.2 Å². The number of carboxylic acids is 1. The van der Waals surface area contributed by atoms with Gasteiger partial charge in [-0.3, -0.25) is 19.5 Å². The number of nitrogens with zero attached hydrogens (tertiary/aromatic N) is 5. The van der Waals surface area contributed by atoms with Gasteiger partial charge in [0, 0.05) is 30.9 Å². The Morgan fingerprint density at radius 2 is 2.12 bits per heavy atom. The molecule has 33 heavy (non-hydrogen) atoms. The van der Waals surface area contributed by atoms with Crippen molar-refractivity contribution in [2.45, 2.75) is 6.92 Å². The topological polar surface area (TPSA) is 143 Å². The lowest BCUT2D eigenvalue weighted by Gasteiger charge is -2.39. The van der Waals surface area contributed by atoms with Crippen LogP contribution in [0.1, 0.15) is 16.1 Å². The molecule has 11 nitrogen and oxygen atoms in total. The number of carboxylic acid groups (broad SMARTS) is 1. The molecule has 0 saturated carbocycles. The van der Waals surface area contributed by atoms with Gasteiger partial charge < -0.3 is 14.4 Å². The van der Waals surface area contributed by atoms with Crippen LogP contribution in [0.4, 0.5) is 16.2 Å². The molecule has 0 radical (unpaired) electrons. The second-order valence-electron chi connectivity index (χ2n) is 7.39. The zero-order valence-corrected chi connectivity index (χ0v) is 17.8. The van der Waals surface area contributed by atoms with Crippen LogP contribution in [0, 0.1) is 18.7 Å². The number of carbonyl (C=O) groups excluding carboxylic acids is 1. The monoisotopic (exact) mass is 470 g/mol. The number of halogens is 1. The van der Waals surface area contributed by atoms with Gasteiger partial charge in [-0.15, -0.1) is 11.3 Å². The molecule has 0 unspecified atom stereocenters. The second kappa shape index (κ2) is 7.78. The number of aromatic nitrogens is 4. The zero-order valence-electron chi connectivity index (χ0n) is 17.0. The van der Waals surface area contributed by atoms with Gasteiger partial charge in [-0.25, -0.2) is 24.1 Å². The smallest absolute Gasteiger partial charge is 0.341 e. The second-order valence-corrected chi connectivity index (χ2v) is 8.27. The molecule has 4 aromatic heterocycles. The molecule has 4 aromatic rings. The maximum absolute atomic E-state index is 14.9. The van der Waals surface area contributed by atoms with E-state index in [0.717, 1.165) is 12.3 Å². The summed E-state index contributed by atoms with van der Waals surface area (Å²) < 4.78 is 21.5. The Labute approximate surface area is 188 Å². The number of fused-ring (bicyclic) bond motifs is 1. The molecule has 5 rings (SSSR count). The number of hydrogen-bond acceptors (Lipinski definition) is 9. The summed E-state index contributed by atoms with van der Waals surface area (Å²) in [7, 11) is 0. The number of amides is 1. The predicted octanol–water partition coefficient (Wildman–Crippen LogP) is 2.05. The molecule has 1 aliphatic heterocycles. The van der Waals surface area contributed by atoms with Crippen LogP contribution in [-0.4, -0.2) is 49.6 Å². The van der Waals surface area contributed by atoms with Gasteiger partial charge >= 0.3 is 12.0 Å². The summed E-state index contributed by atoms with van der Waals surface area (Å²) in [4.78, 5) is 50.5. The lowest BCUT2D eigenvalue weighted by Crippen LogP contribution is -2.52. The van der Waals surface area contributed by atoms with E-state index in [4.69, 9.17) is 4.42 Å². The van der Waals surface area contributed by atoms with Crippen molar-refractivity contribution in [1.29, 1.82) is 0 Å². The van der Waals surface area contributed by atoms with E-state index in [9.17, 15) is 23.9 Å². The average molecular weight is 470 g/mol. The molecule has 0 atom stereocenters. The Balaban J connectivity index is 1.48. The summed E-state index contributed by atoms with van der Waals surface area (Å²) >= 11 is 1.20. The van der Waals surface area contributed by atoms with Crippen LogP contribution >= 0.6 is 11.3 Å². The Hall–Kier alpha value is -4.13. The van der Waals surface area contributed by atoms with Crippen molar-refractivity contribution in [3.05, 3.63) is 57.4 Å². The first-order valence-corrected chi connectivity index (χ1v) is 10.6. The summed E-state index contributed by atoms with van der Waals surface area (Å²) in [6.07, 6.45) is 4.13. The highest BCUT2D eigenvalue weighted by molar-refractivity contribution is 7.12. The van der Waals surface area contributed by atoms with Crippen molar-refractivity contribution in [1.82, 2.24) is 19.5 Å². The minimum atomic E-state index is -1.44. The molecule has 1 aliphatic rings. The summed E-state index contributed by atoms with van der Waals surface area (Å²) in [6, 6.07) is 1.06. The molecule has 0 spiro atoms. The van der Waals surface area contributed by atoms with Crippen molar-refractivity contribution >= 4 is 46.1 Å². The van der Waals surface area contributed by atoms with Crippen LogP contribution in [0.25, 0.3) is 16.2 Å². The van der Waals surface area contributed by atoms with E-state index in [-0.39, 0.29) is 41.9 Å². The minimum Gasteiger partial charge on any atom is -0.477 e. The highest BCUT2D eigenvalue weighted by atomic mass is 32.1. The highest BCUT2D eigenvalue weighted by Crippen LogP contribution is 2.29. The molecule has 168 valence electrons. The van der Waals surface area contributed by atoms with Crippen LogP contribution in [0.5, 0.6) is 0 Å². The summed E-state index contributed by atoms with van der Waals surface area (Å²) in [5, 5.41) is 13.8. The standard InChI is InChI=1S/C20H15FN6O5S/c1-9-5-23-19(32-9)25-17(29)10-6-26(7-10)16-13(21)4-11-14(28)12(18(30)31)8-27(15(11)24-16)20-22-2-3-33-20/h2-5,8,10H,6-7H2,1H3,(H,30,31)(H,23,25,29). The number of aromatic carboxylic acids is 1. The summed E-state index contributed by atoms with van der Waals surface area (Å²) in [6.45, 7) is 2.08. The highest BCUT2D eigenvalue weighted by Gasteiger charge is 2.36. The molecule has 5 heterocycles. The van der Waals surface area contributed by atoms with E-state index in [2.05, 4.69) is 20.3 Å². The SMILES string of the molecule is Cc1cnc(NC(=O)C2CN(c3nc4c(cc3F)c(=O)c(C(=O)O)cn4-c3nccs3)C2)o1. The fraction of sp³-hybridized carbons (Fsp3) is 0.200. The van der Waals surface area contributed by atoms with Crippen LogP contribution in [0.3, 0.4) is 0 Å². The van der Waals surface area contributed by atoms with Crippen LogP contribution in [0.2, 0.25) is 0 Å². The third-order valence-electron chi connectivity index (χ3n) is 5.17. The van der Waals surface area contributed by atoms with Gasteiger partial charge in [0.25, 0.3) is 0 Å². The van der Waals surface area contributed by atoms with Gasteiger partial charge in [0.1, 0.15) is 11.3 Å². The van der Waals surface area contributed by atoms with Crippen LogP contribution < -0.4 is 15.6 Å². The van der Waals surface area contributed by atoms with Gasteiger partial charge in [-0.05, 0) is 13.0 Å². The van der Waals surface area contributed by atoms with Gasteiger partial charge in [-0.2, -0.15) is 0 Å². The number of oxazole rings is 1. The molecule has 1 amide bonds. The fourth-order valence-corrected chi connectivity index (χ4v) is 4.12. The van der Waals surface area contributed by atoms with E-state index in [1.807, 2.05) is 0 Å². The Morgan fingerprint density at radius 1 is 1.33 bits per heavy atom. The van der Waals surface area contributed by atoms with Crippen molar-refractivity contribution < 1.29 is 23.5 Å². The average Bonchev–Trinajstić information content (AvgIpc) is 3.40. The van der Waals surface area contributed by atoms with Crippen molar-refractivity contribution in [2.75, 3.05) is 23.3 Å². The normalized spacial score (nSPS) is 13.8. The van der Waals surface area contributed by atoms with E-state index < -0.39 is 28.7 Å². The molecule has 2 N–H and O–H groups in total. The summed E-state index contributed by atoms with van der Waals surface area (Å²) in [5.74, 6) is -2.49. The van der Waals surface area contributed by atoms with Gasteiger partial charge in [0.05, 0.1) is 17.5 Å². The number of hydrogen-bond donors (Lipinski definition) is 2. The number of aryl methyl sites for hydroxylation is 1. The molecule has 1 fully saturated rings. The van der Waals surface area contributed by atoms with Crippen molar-refractivity contribution in [3.8, 4) is 5.13 Å². The number of thiazole rings is 1. The predicted molar refractivity (Wildman–Crippen MR) is 116 cm³/mol. The minimum absolute atomic E-state index is 0.0497.